The van der Waals surface area contributed by atoms with Crippen molar-refractivity contribution in [2.45, 2.75) is 44.7 Å². The summed E-state index contributed by atoms with van der Waals surface area (Å²) in [5.41, 5.74) is 5.19. The number of nitrogens with one attached hydrogen (secondary N) is 1. The first-order valence-electron chi connectivity index (χ1n) is 14.1. The fourth-order valence-electron chi connectivity index (χ4n) is 5.27. The maximum absolute atomic E-state index is 11.3. The Kier molecular flexibility index (Phi) is 8.12. The molecule has 0 amide bonds. The lowest BCUT2D eigenvalue weighted by molar-refractivity contribution is -0.192. The fraction of sp³-hybridized carbons (Fsp3) is 0.367. The minimum Gasteiger partial charge on any atom is -0.379 e. The lowest BCUT2D eigenvalue weighted by atomic mass is 9.94. The minimum atomic E-state index is -0.289. The Labute approximate surface area is 243 Å². The molecular formula is C30H31N9O3. The molecule has 12 nitrogen and oxygen atoms in total. The maximum atomic E-state index is 11.3. The molecule has 0 spiro atoms. The summed E-state index contributed by atoms with van der Waals surface area (Å²) in [6.45, 7) is 4.56. The van der Waals surface area contributed by atoms with Gasteiger partial charge in [0.15, 0.2) is 0 Å². The van der Waals surface area contributed by atoms with Gasteiger partial charge in [0.05, 0.1) is 54.1 Å². The van der Waals surface area contributed by atoms with Gasteiger partial charge in [-0.3, -0.25) is 9.78 Å². The van der Waals surface area contributed by atoms with E-state index in [2.05, 4.69) is 27.8 Å². The smallest absolute Gasteiger partial charge is 0.322 e. The first-order valence-corrected chi connectivity index (χ1v) is 14.1. The van der Waals surface area contributed by atoms with Crippen LogP contribution in [0.25, 0.3) is 22.6 Å². The summed E-state index contributed by atoms with van der Waals surface area (Å²) in [4.78, 5) is 30.9. The largest absolute Gasteiger partial charge is 0.379 e. The van der Waals surface area contributed by atoms with Gasteiger partial charge in [-0.05, 0) is 49.6 Å². The lowest BCUT2D eigenvalue weighted by Gasteiger charge is -2.29. The number of rotatable bonds is 8. The van der Waals surface area contributed by atoms with E-state index < -0.39 is 0 Å². The molecule has 2 aliphatic rings. The fourth-order valence-corrected chi connectivity index (χ4v) is 5.27. The van der Waals surface area contributed by atoms with Gasteiger partial charge in [-0.2, -0.15) is 5.26 Å². The minimum absolute atomic E-state index is 0.126. The highest BCUT2D eigenvalue weighted by atomic mass is 16.7. The van der Waals surface area contributed by atoms with E-state index in [1.54, 1.807) is 15.8 Å². The number of aromatic nitrogens is 6. The summed E-state index contributed by atoms with van der Waals surface area (Å²) in [7, 11) is 0. The normalized spacial score (nSPS) is 17.6. The average Bonchev–Trinajstić information content (AvgIpc) is 3.70. The zero-order valence-electron chi connectivity index (χ0n) is 23.3. The van der Waals surface area contributed by atoms with E-state index in [9.17, 15) is 10.1 Å². The van der Waals surface area contributed by atoms with Gasteiger partial charge >= 0.3 is 5.97 Å². The van der Waals surface area contributed by atoms with Crippen LogP contribution in [-0.2, 0) is 20.9 Å². The van der Waals surface area contributed by atoms with Crippen LogP contribution in [0.3, 0.4) is 0 Å². The van der Waals surface area contributed by atoms with Crippen LogP contribution < -0.4 is 5.32 Å². The van der Waals surface area contributed by atoms with E-state index in [4.69, 9.17) is 24.5 Å². The van der Waals surface area contributed by atoms with Crippen molar-refractivity contribution in [3.8, 4) is 28.7 Å². The van der Waals surface area contributed by atoms with E-state index in [1.807, 2.05) is 42.6 Å². The first kappa shape index (κ1) is 27.4. The molecule has 42 heavy (non-hydrogen) atoms. The van der Waals surface area contributed by atoms with Crippen LogP contribution >= 0.6 is 0 Å². The van der Waals surface area contributed by atoms with E-state index in [0.717, 1.165) is 36.2 Å². The molecule has 0 aliphatic carbocycles. The van der Waals surface area contributed by atoms with Crippen LogP contribution in [-0.4, -0.2) is 73.3 Å². The number of ether oxygens (including phenoxy) is 1. The number of anilines is 1. The van der Waals surface area contributed by atoms with Crippen LogP contribution in [0.1, 0.15) is 49.1 Å². The van der Waals surface area contributed by atoms with Gasteiger partial charge in [0, 0.05) is 43.8 Å². The SMILES string of the molecule is CC(=O)ON1CCC(c2cccc(Cn3cc(-c4cc(-c5cccc(C#N)c5)nc(N[C@@H]5CCOC5)n4)nn3)n2)CC1. The van der Waals surface area contributed by atoms with E-state index >= 15 is 0 Å². The van der Waals surface area contributed by atoms with Crippen LogP contribution in [0.4, 0.5) is 5.95 Å². The quantitative estimate of drug-likeness (QED) is 0.335. The Hall–Kier alpha value is -4.73. The van der Waals surface area contributed by atoms with Crippen LogP contribution in [0.15, 0.2) is 54.7 Å². The molecule has 1 aromatic carbocycles. The van der Waals surface area contributed by atoms with Gasteiger partial charge in [0.1, 0.15) is 5.69 Å². The van der Waals surface area contributed by atoms with E-state index in [0.29, 0.717) is 67.4 Å². The third-order valence-corrected chi connectivity index (χ3v) is 7.36. The summed E-state index contributed by atoms with van der Waals surface area (Å²) >= 11 is 0. The van der Waals surface area contributed by atoms with Crippen molar-refractivity contribution in [1.82, 2.24) is 35.0 Å². The molecule has 0 bridgehead atoms. The van der Waals surface area contributed by atoms with Gasteiger partial charge in [0.2, 0.25) is 5.95 Å². The van der Waals surface area contributed by atoms with E-state index in [1.165, 1.54) is 6.92 Å². The first-order chi connectivity index (χ1) is 20.5. The van der Waals surface area contributed by atoms with E-state index in [-0.39, 0.29) is 12.0 Å². The zero-order valence-corrected chi connectivity index (χ0v) is 23.3. The Morgan fingerprint density at radius 2 is 1.90 bits per heavy atom. The Morgan fingerprint density at radius 3 is 2.69 bits per heavy atom. The van der Waals surface area contributed by atoms with Crippen molar-refractivity contribution >= 4 is 11.9 Å². The molecule has 0 saturated carbocycles. The molecule has 12 heteroatoms. The van der Waals surface area contributed by atoms with Crippen LogP contribution in [0, 0.1) is 11.3 Å². The van der Waals surface area contributed by atoms with Gasteiger partial charge in [0.25, 0.3) is 0 Å². The Morgan fingerprint density at radius 1 is 1.07 bits per heavy atom. The molecule has 2 fully saturated rings. The second-order valence-corrected chi connectivity index (χ2v) is 10.5. The molecule has 0 radical (unpaired) electrons. The highest BCUT2D eigenvalue weighted by molar-refractivity contribution is 5.68. The predicted octanol–water partition coefficient (Wildman–Crippen LogP) is 3.58. The van der Waals surface area contributed by atoms with Gasteiger partial charge in [-0.15, -0.1) is 10.2 Å². The van der Waals surface area contributed by atoms with Gasteiger partial charge in [-0.1, -0.05) is 23.4 Å². The molecule has 214 valence electrons. The summed E-state index contributed by atoms with van der Waals surface area (Å²) in [6, 6.07) is 17.6. The average molecular weight is 566 g/mol. The van der Waals surface area contributed by atoms with Crippen molar-refractivity contribution < 1.29 is 14.4 Å². The summed E-state index contributed by atoms with van der Waals surface area (Å²) in [6.07, 6.45) is 4.47. The van der Waals surface area contributed by atoms with Crippen molar-refractivity contribution in [2.75, 3.05) is 31.6 Å². The van der Waals surface area contributed by atoms with Crippen LogP contribution in [0.5, 0.6) is 0 Å². The molecular weight excluding hydrogens is 534 g/mol. The molecule has 2 aliphatic heterocycles. The number of nitrogens with zero attached hydrogens (tertiary/aromatic N) is 8. The van der Waals surface area contributed by atoms with Crippen molar-refractivity contribution in [2.24, 2.45) is 0 Å². The number of benzene rings is 1. The molecule has 1 N–H and O–H groups in total. The molecule has 0 unspecified atom stereocenters. The second kappa shape index (κ2) is 12.4. The number of carbonyl (C=O) groups excluding carboxylic acids is 1. The Balaban J connectivity index is 1.21. The highest BCUT2D eigenvalue weighted by Crippen LogP contribution is 2.28. The van der Waals surface area contributed by atoms with Crippen LogP contribution in [0.2, 0.25) is 0 Å². The van der Waals surface area contributed by atoms with Crippen molar-refractivity contribution in [3.05, 3.63) is 71.7 Å². The highest BCUT2D eigenvalue weighted by Gasteiger charge is 2.24. The zero-order chi connectivity index (χ0) is 28.9. The summed E-state index contributed by atoms with van der Waals surface area (Å²) in [5, 5.41) is 23.3. The number of hydrogen-bond acceptors (Lipinski definition) is 11. The molecule has 1 atom stereocenters. The second-order valence-electron chi connectivity index (χ2n) is 10.5. The van der Waals surface area contributed by atoms with Gasteiger partial charge < -0.3 is 14.9 Å². The maximum Gasteiger partial charge on any atom is 0.322 e. The van der Waals surface area contributed by atoms with Crippen molar-refractivity contribution in [1.29, 1.82) is 5.26 Å². The molecule has 4 aromatic rings. The number of hydrogen-bond donors (Lipinski definition) is 1. The third-order valence-electron chi connectivity index (χ3n) is 7.36. The number of nitriles is 1. The molecule has 5 heterocycles. The number of piperidine rings is 1. The lowest BCUT2D eigenvalue weighted by Crippen LogP contribution is -2.34. The summed E-state index contributed by atoms with van der Waals surface area (Å²) in [5.74, 6) is 0.491. The molecule has 6 rings (SSSR count). The molecule has 3 aromatic heterocycles. The van der Waals surface area contributed by atoms with Crippen molar-refractivity contribution in [3.63, 3.8) is 0 Å². The monoisotopic (exact) mass is 565 g/mol. The topological polar surface area (TPSA) is 144 Å². The number of carbonyl (C=O) groups is 1. The molecule has 2 saturated heterocycles. The number of hydroxylamine groups is 2. The number of pyridine rings is 1. The summed E-state index contributed by atoms with van der Waals surface area (Å²) < 4.78 is 7.26. The third kappa shape index (κ3) is 6.59. The van der Waals surface area contributed by atoms with Gasteiger partial charge in [-0.25, -0.2) is 14.6 Å². The standard InChI is InChI=1S/C30H31N9O3/c1-20(40)42-39-11-8-22(9-12-39)26-7-3-6-24(32-26)17-38-18-29(36-37-38)28-15-27(23-5-2-4-21(14-23)16-31)34-30(35-28)33-25-10-13-41-19-25/h2-7,14-15,18,22,25H,8-13,17,19H2,1H3,(H,33,34,35)/t25-/m1/s1. The Bertz CT molecular complexity index is 1600. The predicted molar refractivity (Wildman–Crippen MR) is 153 cm³/mol.